The molecule has 2 aliphatic carbocycles. The number of hydrogen-bond acceptors (Lipinski definition) is 3. The Morgan fingerprint density at radius 1 is 1.12 bits per heavy atom. The van der Waals surface area contributed by atoms with Crippen LogP contribution >= 0.6 is 0 Å². The van der Waals surface area contributed by atoms with Gasteiger partial charge >= 0.3 is 5.97 Å². The Kier molecular flexibility index (Phi) is 4.22. The van der Waals surface area contributed by atoms with Crippen molar-refractivity contribution < 1.29 is 9.53 Å². The zero-order valence-corrected chi connectivity index (χ0v) is 9.99. The van der Waals surface area contributed by atoms with Gasteiger partial charge in [-0.3, -0.25) is 4.79 Å². The number of ether oxygens (including phenoxy) is 1. The van der Waals surface area contributed by atoms with Gasteiger partial charge in [0.05, 0.1) is 12.5 Å². The van der Waals surface area contributed by atoms with E-state index >= 15 is 0 Å². The van der Waals surface area contributed by atoms with Crippen LogP contribution in [0.15, 0.2) is 0 Å². The van der Waals surface area contributed by atoms with Gasteiger partial charge in [0.25, 0.3) is 0 Å². The maximum atomic E-state index is 11.8. The molecular weight excluding hydrogens is 202 g/mol. The fourth-order valence-corrected chi connectivity index (χ4v) is 2.90. The molecule has 0 amide bonds. The quantitative estimate of drug-likeness (QED) is 0.749. The molecule has 3 heteroatoms. The summed E-state index contributed by atoms with van der Waals surface area (Å²) in [5.74, 6) is 0.699. The Bertz CT molecular complexity index is 236. The average molecular weight is 225 g/mol. The Hall–Kier alpha value is -0.570. The highest BCUT2D eigenvalue weighted by Crippen LogP contribution is 2.27. The van der Waals surface area contributed by atoms with Gasteiger partial charge in [-0.15, -0.1) is 0 Å². The van der Waals surface area contributed by atoms with E-state index in [9.17, 15) is 4.79 Å². The van der Waals surface area contributed by atoms with Gasteiger partial charge in [-0.2, -0.15) is 0 Å². The van der Waals surface area contributed by atoms with E-state index in [1.165, 1.54) is 32.1 Å². The molecule has 0 aromatic carbocycles. The highest BCUT2D eigenvalue weighted by atomic mass is 16.5. The van der Waals surface area contributed by atoms with Gasteiger partial charge in [-0.25, -0.2) is 0 Å². The van der Waals surface area contributed by atoms with Crippen molar-refractivity contribution in [3.8, 4) is 0 Å². The molecule has 0 aromatic heterocycles. The van der Waals surface area contributed by atoms with E-state index in [0.29, 0.717) is 12.5 Å². The minimum atomic E-state index is -0.00137. The SMILES string of the molecule is N[C@H]1CC[C@@H](C(=O)OCC2CCCCC2)C1. The minimum Gasteiger partial charge on any atom is -0.465 e. The number of hydrogen-bond donors (Lipinski definition) is 1. The molecule has 92 valence electrons. The zero-order chi connectivity index (χ0) is 11.4. The summed E-state index contributed by atoms with van der Waals surface area (Å²) in [5.41, 5.74) is 5.79. The lowest BCUT2D eigenvalue weighted by molar-refractivity contribution is -0.150. The van der Waals surface area contributed by atoms with Crippen molar-refractivity contribution in [1.82, 2.24) is 0 Å². The van der Waals surface area contributed by atoms with E-state index in [1.54, 1.807) is 0 Å². The monoisotopic (exact) mass is 225 g/mol. The van der Waals surface area contributed by atoms with Crippen molar-refractivity contribution in [2.24, 2.45) is 17.6 Å². The number of esters is 1. The highest BCUT2D eigenvalue weighted by molar-refractivity contribution is 5.72. The molecule has 3 nitrogen and oxygen atoms in total. The molecule has 0 aromatic rings. The Morgan fingerprint density at radius 2 is 1.88 bits per heavy atom. The van der Waals surface area contributed by atoms with Crippen molar-refractivity contribution in [3.05, 3.63) is 0 Å². The summed E-state index contributed by atoms with van der Waals surface area (Å²) >= 11 is 0. The summed E-state index contributed by atoms with van der Waals surface area (Å²) in [6.07, 6.45) is 9.14. The van der Waals surface area contributed by atoms with E-state index in [2.05, 4.69) is 0 Å². The van der Waals surface area contributed by atoms with Crippen molar-refractivity contribution in [2.75, 3.05) is 6.61 Å². The molecule has 2 atom stereocenters. The van der Waals surface area contributed by atoms with Crippen LogP contribution in [0.3, 0.4) is 0 Å². The first-order valence-corrected chi connectivity index (χ1v) is 6.68. The lowest BCUT2D eigenvalue weighted by Gasteiger charge is -2.21. The van der Waals surface area contributed by atoms with Crippen LogP contribution in [-0.2, 0) is 9.53 Å². The van der Waals surface area contributed by atoms with E-state index in [1.807, 2.05) is 0 Å². The van der Waals surface area contributed by atoms with Crippen molar-refractivity contribution in [2.45, 2.75) is 57.4 Å². The fourth-order valence-electron chi connectivity index (χ4n) is 2.90. The van der Waals surface area contributed by atoms with Gasteiger partial charge in [0, 0.05) is 6.04 Å². The van der Waals surface area contributed by atoms with Crippen molar-refractivity contribution >= 4 is 5.97 Å². The minimum absolute atomic E-state index is 0.00137. The molecule has 0 aliphatic heterocycles. The molecule has 2 rings (SSSR count). The normalized spacial score (nSPS) is 31.6. The van der Waals surface area contributed by atoms with Crippen molar-refractivity contribution in [3.63, 3.8) is 0 Å². The lowest BCUT2D eigenvalue weighted by Crippen LogP contribution is -2.22. The van der Waals surface area contributed by atoms with Crippen LogP contribution in [0.4, 0.5) is 0 Å². The number of carbonyl (C=O) groups is 1. The van der Waals surface area contributed by atoms with E-state index in [-0.39, 0.29) is 17.9 Å². The van der Waals surface area contributed by atoms with Crippen LogP contribution in [0.1, 0.15) is 51.4 Å². The molecule has 2 fully saturated rings. The molecule has 0 saturated heterocycles. The molecule has 0 heterocycles. The summed E-state index contributed by atoms with van der Waals surface area (Å²) in [6, 6.07) is 0.215. The second-order valence-corrected chi connectivity index (χ2v) is 5.40. The standard InChI is InChI=1S/C13H23NO2/c14-12-7-6-11(8-12)13(15)16-9-10-4-2-1-3-5-10/h10-12H,1-9,14H2/t11-,12+/m1/s1. The number of rotatable bonds is 3. The van der Waals surface area contributed by atoms with Crippen LogP contribution in [-0.4, -0.2) is 18.6 Å². The smallest absolute Gasteiger partial charge is 0.308 e. The molecule has 16 heavy (non-hydrogen) atoms. The molecule has 0 spiro atoms. The predicted molar refractivity (Wildman–Crippen MR) is 62.9 cm³/mol. The van der Waals surface area contributed by atoms with E-state index in [0.717, 1.165) is 19.3 Å². The third kappa shape index (κ3) is 3.21. The highest BCUT2D eigenvalue weighted by Gasteiger charge is 2.29. The summed E-state index contributed by atoms with van der Waals surface area (Å²) in [7, 11) is 0. The number of nitrogens with two attached hydrogens (primary N) is 1. The first-order chi connectivity index (χ1) is 7.75. The zero-order valence-electron chi connectivity index (χ0n) is 9.99. The topological polar surface area (TPSA) is 52.3 Å². The molecule has 2 aliphatic rings. The molecule has 0 radical (unpaired) electrons. The second-order valence-electron chi connectivity index (χ2n) is 5.40. The summed E-state index contributed by atoms with van der Waals surface area (Å²) in [5, 5.41) is 0. The maximum Gasteiger partial charge on any atom is 0.308 e. The molecule has 0 bridgehead atoms. The Labute approximate surface area is 97.7 Å². The van der Waals surface area contributed by atoms with Crippen LogP contribution in [0.5, 0.6) is 0 Å². The van der Waals surface area contributed by atoms with Crippen LogP contribution in [0.25, 0.3) is 0 Å². The molecular formula is C13H23NO2. The average Bonchev–Trinajstić information content (AvgIpc) is 2.74. The third-order valence-electron chi connectivity index (χ3n) is 3.99. The van der Waals surface area contributed by atoms with Gasteiger partial charge < -0.3 is 10.5 Å². The van der Waals surface area contributed by atoms with E-state index in [4.69, 9.17) is 10.5 Å². The van der Waals surface area contributed by atoms with Gasteiger partial charge in [0.15, 0.2) is 0 Å². The fraction of sp³-hybridized carbons (Fsp3) is 0.923. The number of carbonyl (C=O) groups excluding carboxylic acids is 1. The molecule has 0 unspecified atom stereocenters. The Morgan fingerprint density at radius 3 is 2.50 bits per heavy atom. The summed E-state index contributed by atoms with van der Waals surface area (Å²) in [4.78, 5) is 11.8. The Balaban J connectivity index is 1.67. The van der Waals surface area contributed by atoms with Crippen molar-refractivity contribution in [1.29, 1.82) is 0 Å². The first kappa shape index (κ1) is 11.9. The molecule has 2 N–H and O–H groups in total. The lowest BCUT2D eigenvalue weighted by atomic mass is 9.90. The second kappa shape index (κ2) is 5.67. The van der Waals surface area contributed by atoms with E-state index < -0.39 is 0 Å². The van der Waals surface area contributed by atoms with Crippen LogP contribution < -0.4 is 5.73 Å². The predicted octanol–water partition coefficient (Wildman–Crippen LogP) is 2.24. The van der Waals surface area contributed by atoms with Gasteiger partial charge in [0.1, 0.15) is 0 Å². The maximum absolute atomic E-state index is 11.8. The van der Waals surface area contributed by atoms with Crippen LogP contribution in [0.2, 0.25) is 0 Å². The third-order valence-corrected chi connectivity index (χ3v) is 3.99. The summed E-state index contributed by atoms with van der Waals surface area (Å²) in [6.45, 7) is 0.643. The van der Waals surface area contributed by atoms with Gasteiger partial charge in [-0.1, -0.05) is 19.3 Å². The van der Waals surface area contributed by atoms with Gasteiger partial charge in [-0.05, 0) is 38.0 Å². The van der Waals surface area contributed by atoms with Crippen LogP contribution in [0, 0.1) is 11.8 Å². The molecule has 2 saturated carbocycles. The summed E-state index contributed by atoms with van der Waals surface area (Å²) < 4.78 is 5.42. The first-order valence-electron chi connectivity index (χ1n) is 6.68. The largest absolute Gasteiger partial charge is 0.465 e. The van der Waals surface area contributed by atoms with Gasteiger partial charge in [0.2, 0.25) is 0 Å².